The summed E-state index contributed by atoms with van der Waals surface area (Å²) in [6.45, 7) is 6.33. The highest BCUT2D eigenvalue weighted by Crippen LogP contribution is 2.49. The van der Waals surface area contributed by atoms with Crippen LogP contribution in [0.25, 0.3) is 0 Å². The molecule has 0 radical (unpaired) electrons. The van der Waals surface area contributed by atoms with Crippen LogP contribution in [0.1, 0.15) is 33.1 Å². The Hall–Kier alpha value is -0.370. The van der Waals surface area contributed by atoms with Gasteiger partial charge in [-0.1, -0.05) is 13.8 Å². The van der Waals surface area contributed by atoms with Gasteiger partial charge in [-0.05, 0) is 24.8 Å². The fraction of sp³-hybridized carbons (Fsp3) is 0.900. The summed E-state index contributed by atoms with van der Waals surface area (Å²) in [6.07, 6.45) is 3.10. The van der Waals surface area contributed by atoms with E-state index in [1.807, 2.05) is 0 Å². The van der Waals surface area contributed by atoms with Gasteiger partial charge < -0.3 is 5.32 Å². The van der Waals surface area contributed by atoms with Crippen LogP contribution in [0.2, 0.25) is 0 Å². The van der Waals surface area contributed by atoms with Gasteiger partial charge in [-0.3, -0.25) is 4.79 Å². The molecule has 0 aromatic rings. The van der Waals surface area contributed by atoms with Crippen molar-refractivity contribution in [3.8, 4) is 0 Å². The van der Waals surface area contributed by atoms with Crippen molar-refractivity contribution < 1.29 is 4.79 Å². The second-order valence-corrected chi connectivity index (χ2v) is 5.09. The molecule has 1 saturated heterocycles. The first-order valence-corrected chi connectivity index (χ1v) is 4.78. The van der Waals surface area contributed by atoms with E-state index >= 15 is 0 Å². The molecule has 12 heavy (non-hydrogen) atoms. The third kappa shape index (κ3) is 1.09. The zero-order chi connectivity index (χ0) is 8.82. The Bertz CT molecular complexity index is 214. The number of nitrogens with one attached hydrogen (secondary N) is 1. The van der Waals surface area contributed by atoms with Gasteiger partial charge in [0.05, 0.1) is 0 Å². The van der Waals surface area contributed by atoms with E-state index in [4.69, 9.17) is 0 Å². The predicted octanol–water partition coefficient (Wildman–Crippen LogP) is 1.36. The van der Waals surface area contributed by atoms with Crippen LogP contribution < -0.4 is 5.32 Å². The summed E-state index contributed by atoms with van der Waals surface area (Å²) in [5, 5.41) is 3.36. The van der Waals surface area contributed by atoms with Crippen molar-refractivity contribution in [2.75, 3.05) is 13.1 Å². The van der Waals surface area contributed by atoms with Gasteiger partial charge in [-0.15, -0.1) is 0 Å². The molecule has 1 atom stereocenters. The lowest BCUT2D eigenvalue weighted by Gasteiger charge is -2.22. The minimum atomic E-state index is -0.0496. The first-order valence-electron chi connectivity index (χ1n) is 4.78. The van der Waals surface area contributed by atoms with Crippen molar-refractivity contribution in [3.63, 3.8) is 0 Å². The second-order valence-electron chi connectivity index (χ2n) is 5.09. The molecule has 68 valence electrons. The minimum Gasteiger partial charge on any atom is -0.316 e. The number of ketones is 1. The van der Waals surface area contributed by atoms with E-state index in [9.17, 15) is 4.79 Å². The molecule has 1 unspecified atom stereocenters. The summed E-state index contributed by atoms with van der Waals surface area (Å²) in [5.74, 6) is 0.464. The third-order valence-electron chi connectivity index (χ3n) is 3.44. The molecule has 0 amide bonds. The molecule has 1 aliphatic carbocycles. The molecule has 2 rings (SSSR count). The largest absolute Gasteiger partial charge is 0.316 e. The maximum Gasteiger partial charge on any atom is 0.139 e. The van der Waals surface area contributed by atoms with Gasteiger partial charge in [-0.2, -0.15) is 0 Å². The van der Waals surface area contributed by atoms with E-state index in [2.05, 4.69) is 19.2 Å². The van der Waals surface area contributed by atoms with Gasteiger partial charge in [0, 0.05) is 18.4 Å². The van der Waals surface area contributed by atoms with Crippen LogP contribution in [-0.4, -0.2) is 18.9 Å². The summed E-state index contributed by atoms with van der Waals surface area (Å²) in [4.78, 5) is 11.6. The zero-order valence-corrected chi connectivity index (χ0v) is 7.94. The van der Waals surface area contributed by atoms with Crippen LogP contribution in [0.4, 0.5) is 0 Å². The van der Waals surface area contributed by atoms with E-state index in [-0.39, 0.29) is 5.41 Å². The number of hydrogen-bond donors (Lipinski definition) is 1. The topological polar surface area (TPSA) is 29.1 Å². The molecule has 0 bridgehead atoms. The van der Waals surface area contributed by atoms with Crippen molar-refractivity contribution >= 4 is 5.78 Å². The molecule has 2 heteroatoms. The van der Waals surface area contributed by atoms with Gasteiger partial charge in [0.2, 0.25) is 0 Å². The second kappa shape index (κ2) is 2.32. The Kier molecular flexibility index (Phi) is 1.59. The summed E-state index contributed by atoms with van der Waals surface area (Å²) in [5.41, 5.74) is 0.284. The predicted molar refractivity (Wildman–Crippen MR) is 47.9 cm³/mol. The summed E-state index contributed by atoms with van der Waals surface area (Å²) < 4.78 is 0. The Morgan fingerprint density at radius 2 is 2.17 bits per heavy atom. The van der Waals surface area contributed by atoms with Crippen molar-refractivity contribution in [3.05, 3.63) is 0 Å². The molecule has 2 aliphatic rings. The van der Waals surface area contributed by atoms with Crippen LogP contribution in [0.15, 0.2) is 0 Å². The number of carbonyl (C=O) groups excluding carboxylic acids is 1. The quantitative estimate of drug-likeness (QED) is 0.590. The lowest BCUT2D eigenvalue weighted by molar-refractivity contribution is -0.124. The number of hydrogen-bond acceptors (Lipinski definition) is 2. The Morgan fingerprint density at radius 3 is 2.58 bits per heavy atom. The fourth-order valence-corrected chi connectivity index (χ4v) is 2.78. The summed E-state index contributed by atoms with van der Waals surface area (Å²) in [7, 11) is 0. The maximum atomic E-state index is 11.6. The van der Waals surface area contributed by atoms with Crippen LogP contribution in [0.3, 0.4) is 0 Å². The number of rotatable bonds is 0. The highest BCUT2D eigenvalue weighted by molar-refractivity contribution is 5.87. The van der Waals surface area contributed by atoms with Crippen molar-refractivity contribution in [2.45, 2.75) is 33.1 Å². The van der Waals surface area contributed by atoms with Crippen LogP contribution in [-0.2, 0) is 4.79 Å². The molecule has 1 spiro atoms. The first-order chi connectivity index (χ1) is 5.54. The smallest absolute Gasteiger partial charge is 0.139 e. The van der Waals surface area contributed by atoms with E-state index in [1.165, 1.54) is 6.42 Å². The van der Waals surface area contributed by atoms with Crippen molar-refractivity contribution in [2.24, 2.45) is 10.8 Å². The van der Waals surface area contributed by atoms with Crippen molar-refractivity contribution in [1.82, 2.24) is 5.32 Å². The lowest BCUT2D eigenvalue weighted by Crippen LogP contribution is -2.21. The van der Waals surface area contributed by atoms with E-state index in [0.717, 1.165) is 25.9 Å². The maximum absolute atomic E-state index is 11.6. The molecule has 1 saturated carbocycles. The highest BCUT2D eigenvalue weighted by Gasteiger charge is 2.49. The normalized spacial score (nSPS) is 39.7. The third-order valence-corrected chi connectivity index (χ3v) is 3.44. The molecule has 0 aromatic carbocycles. The molecule has 1 aliphatic heterocycles. The molecule has 1 N–H and O–H groups in total. The van der Waals surface area contributed by atoms with Crippen molar-refractivity contribution in [1.29, 1.82) is 0 Å². The van der Waals surface area contributed by atoms with Crippen LogP contribution in [0.5, 0.6) is 0 Å². The number of Topliss-reactive ketones (excluding diaryl/α,β-unsaturated/α-hetero) is 1. The lowest BCUT2D eigenvalue weighted by atomic mass is 9.81. The molecular formula is C10H17NO. The van der Waals surface area contributed by atoms with Gasteiger partial charge >= 0.3 is 0 Å². The Morgan fingerprint density at radius 1 is 1.42 bits per heavy atom. The monoisotopic (exact) mass is 167 g/mol. The van der Waals surface area contributed by atoms with E-state index < -0.39 is 0 Å². The number of carbonyl (C=O) groups is 1. The standard InChI is InChI=1S/C10H17NO/c1-9(2)6-10(5-8(9)12)3-4-11-7-10/h11H,3-7H2,1-2H3. The van der Waals surface area contributed by atoms with Gasteiger partial charge in [-0.25, -0.2) is 0 Å². The fourth-order valence-electron chi connectivity index (χ4n) is 2.78. The first kappa shape index (κ1) is 8.24. The van der Waals surface area contributed by atoms with Crippen LogP contribution >= 0.6 is 0 Å². The van der Waals surface area contributed by atoms with Gasteiger partial charge in [0.1, 0.15) is 5.78 Å². The Labute approximate surface area is 73.7 Å². The van der Waals surface area contributed by atoms with Crippen LogP contribution in [0, 0.1) is 10.8 Å². The van der Waals surface area contributed by atoms with Gasteiger partial charge in [0.15, 0.2) is 0 Å². The summed E-state index contributed by atoms with van der Waals surface area (Å²) in [6, 6.07) is 0. The molecule has 2 fully saturated rings. The molecule has 1 heterocycles. The van der Waals surface area contributed by atoms with E-state index in [1.54, 1.807) is 0 Å². The minimum absolute atomic E-state index is 0.0496. The van der Waals surface area contributed by atoms with Gasteiger partial charge in [0.25, 0.3) is 0 Å². The summed E-state index contributed by atoms with van der Waals surface area (Å²) >= 11 is 0. The van der Waals surface area contributed by atoms with E-state index in [0.29, 0.717) is 11.2 Å². The SMILES string of the molecule is CC1(C)CC2(CCNC2)CC1=O. The molecule has 0 aromatic heterocycles. The average Bonchev–Trinajstić information content (AvgIpc) is 2.42. The average molecular weight is 167 g/mol. The zero-order valence-electron chi connectivity index (χ0n) is 7.94. The molecular weight excluding hydrogens is 150 g/mol. The molecule has 2 nitrogen and oxygen atoms in total. The highest BCUT2D eigenvalue weighted by atomic mass is 16.1. The Balaban J connectivity index is 2.19.